The summed E-state index contributed by atoms with van der Waals surface area (Å²) in [5.74, 6) is 1.34. The number of nitrogens with zero attached hydrogens (tertiary/aromatic N) is 2. The molecule has 6 nitrogen and oxygen atoms in total. The Kier molecular flexibility index (Phi) is 10.6. The van der Waals surface area contributed by atoms with Gasteiger partial charge in [-0.3, -0.25) is 4.99 Å². The summed E-state index contributed by atoms with van der Waals surface area (Å²) < 4.78 is 10.7. The summed E-state index contributed by atoms with van der Waals surface area (Å²) in [7, 11) is 3.40. The number of hydrogen-bond acceptors (Lipinski definition) is 4. The third-order valence-corrected chi connectivity index (χ3v) is 3.75. The summed E-state index contributed by atoms with van der Waals surface area (Å²) >= 11 is 0. The molecule has 142 valence electrons. The fourth-order valence-corrected chi connectivity index (χ4v) is 2.30. The minimum atomic E-state index is 0. The van der Waals surface area contributed by atoms with Gasteiger partial charge >= 0.3 is 0 Å². The van der Waals surface area contributed by atoms with Crippen molar-refractivity contribution in [2.24, 2.45) is 4.99 Å². The smallest absolute Gasteiger partial charge is 0.218 e. The molecule has 2 N–H and O–H groups in total. The molecule has 0 saturated heterocycles. The van der Waals surface area contributed by atoms with Crippen molar-refractivity contribution in [1.29, 1.82) is 0 Å². The van der Waals surface area contributed by atoms with Crippen LogP contribution in [0.15, 0.2) is 47.6 Å². The van der Waals surface area contributed by atoms with E-state index in [0.29, 0.717) is 25.6 Å². The number of aryl methyl sites for hydroxylation is 1. The van der Waals surface area contributed by atoms with Crippen molar-refractivity contribution in [3.05, 3.63) is 59.3 Å². The molecule has 1 aromatic carbocycles. The molecule has 2 rings (SSSR count). The van der Waals surface area contributed by atoms with Crippen LogP contribution in [0.1, 0.15) is 16.7 Å². The maximum Gasteiger partial charge on any atom is 0.218 e. The van der Waals surface area contributed by atoms with Crippen molar-refractivity contribution in [2.45, 2.75) is 20.0 Å². The highest BCUT2D eigenvalue weighted by atomic mass is 127. The molecule has 0 amide bonds. The second-order valence-corrected chi connectivity index (χ2v) is 5.51. The molecule has 1 heterocycles. The minimum absolute atomic E-state index is 0. The number of nitrogens with one attached hydrogen (secondary N) is 2. The number of methoxy groups -OCH3 is 1. The third kappa shape index (κ3) is 7.17. The van der Waals surface area contributed by atoms with E-state index in [9.17, 15) is 0 Å². The van der Waals surface area contributed by atoms with Gasteiger partial charge in [0, 0.05) is 39.0 Å². The van der Waals surface area contributed by atoms with E-state index in [4.69, 9.17) is 9.47 Å². The first-order valence-electron chi connectivity index (χ1n) is 8.29. The Bertz CT molecular complexity index is 695. The molecule has 0 aliphatic heterocycles. The van der Waals surface area contributed by atoms with Gasteiger partial charge in [0.15, 0.2) is 5.96 Å². The SMILES string of the molecule is CN=C(NCc1ccccc1C)NCc1cccnc1OCCOC.I. The number of ether oxygens (including phenoxy) is 2. The Morgan fingerprint density at radius 2 is 1.73 bits per heavy atom. The number of rotatable bonds is 8. The highest BCUT2D eigenvalue weighted by Gasteiger charge is 2.06. The lowest BCUT2D eigenvalue weighted by molar-refractivity contribution is 0.143. The van der Waals surface area contributed by atoms with Crippen LogP contribution >= 0.6 is 24.0 Å². The van der Waals surface area contributed by atoms with Gasteiger partial charge in [-0.2, -0.15) is 0 Å². The lowest BCUT2D eigenvalue weighted by Crippen LogP contribution is -2.36. The molecule has 0 radical (unpaired) electrons. The summed E-state index contributed by atoms with van der Waals surface area (Å²) in [6.45, 7) is 4.40. The van der Waals surface area contributed by atoms with E-state index in [0.717, 1.165) is 18.1 Å². The van der Waals surface area contributed by atoms with Crippen LogP contribution in [0.5, 0.6) is 5.88 Å². The van der Waals surface area contributed by atoms with Crippen LogP contribution in [0, 0.1) is 6.92 Å². The van der Waals surface area contributed by atoms with E-state index in [-0.39, 0.29) is 24.0 Å². The van der Waals surface area contributed by atoms with E-state index in [1.165, 1.54) is 11.1 Å². The summed E-state index contributed by atoms with van der Waals surface area (Å²) in [5.41, 5.74) is 3.47. The number of aromatic nitrogens is 1. The molecule has 2 aromatic rings. The molecule has 0 spiro atoms. The molecule has 0 atom stereocenters. The molecule has 0 bridgehead atoms. The average molecular weight is 470 g/mol. The second-order valence-electron chi connectivity index (χ2n) is 5.51. The van der Waals surface area contributed by atoms with Crippen LogP contribution in [0.25, 0.3) is 0 Å². The summed E-state index contributed by atoms with van der Waals surface area (Å²) in [4.78, 5) is 8.55. The first-order chi connectivity index (χ1) is 12.2. The lowest BCUT2D eigenvalue weighted by atomic mass is 10.1. The van der Waals surface area contributed by atoms with Gasteiger partial charge in [0.25, 0.3) is 0 Å². The fourth-order valence-electron chi connectivity index (χ4n) is 2.30. The van der Waals surface area contributed by atoms with Gasteiger partial charge in [0.05, 0.1) is 6.61 Å². The van der Waals surface area contributed by atoms with Crippen LogP contribution in [0.3, 0.4) is 0 Å². The van der Waals surface area contributed by atoms with Crippen LogP contribution in [0.4, 0.5) is 0 Å². The van der Waals surface area contributed by atoms with Crippen molar-refractivity contribution in [3.8, 4) is 5.88 Å². The summed E-state index contributed by atoms with van der Waals surface area (Å²) in [5, 5.41) is 6.62. The lowest BCUT2D eigenvalue weighted by Gasteiger charge is -2.14. The second kappa shape index (κ2) is 12.5. The molecule has 0 aliphatic carbocycles. The van der Waals surface area contributed by atoms with Gasteiger partial charge in [-0.15, -0.1) is 24.0 Å². The van der Waals surface area contributed by atoms with Crippen molar-refractivity contribution < 1.29 is 9.47 Å². The first kappa shape index (κ1) is 22.2. The molecule has 7 heteroatoms. The van der Waals surface area contributed by atoms with E-state index in [1.54, 1.807) is 20.4 Å². The number of benzene rings is 1. The topological polar surface area (TPSA) is 67.8 Å². The van der Waals surface area contributed by atoms with E-state index >= 15 is 0 Å². The standard InChI is InChI=1S/C19H26N4O2.HI/c1-15-7-4-5-8-16(15)13-22-19(20-2)23-14-17-9-6-10-21-18(17)25-12-11-24-3;/h4-10H,11-14H2,1-3H3,(H2,20,22,23);1H. The molecule has 0 unspecified atom stereocenters. The third-order valence-electron chi connectivity index (χ3n) is 3.75. The number of aliphatic imine (C=N–C) groups is 1. The molecular weight excluding hydrogens is 443 g/mol. The van der Waals surface area contributed by atoms with Crippen molar-refractivity contribution in [3.63, 3.8) is 0 Å². The largest absolute Gasteiger partial charge is 0.475 e. The number of halogens is 1. The molecular formula is C19H27IN4O2. The number of guanidine groups is 1. The van der Waals surface area contributed by atoms with Crippen molar-refractivity contribution in [1.82, 2.24) is 15.6 Å². The Balaban J connectivity index is 0.00000338. The highest BCUT2D eigenvalue weighted by molar-refractivity contribution is 14.0. The molecule has 26 heavy (non-hydrogen) atoms. The number of hydrogen-bond donors (Lipinski definition) is 2. The van der Waals surface area contributed by atoms with Gasteiger partial charge in [-0.05, 0) is 24.1 Å². The Morgan fingerprint density at radius 1 is 1.04 bits per heavy atom. The molecule has 0 fully saturated rings. The van der Waals surface area contributed by atoms with Crippen molar-refractivity contribution >= 4 is 29.9 Å². The first-order valence-corrected chi connectivity index (χ1v) is 8.29. The predicted molar refractivity (Wildman–Crippen MR) is 115 cm³/mol. The molecule has 1 aromatic heterocycles. The summed E-state index contributed by atoms with van der Waals surface area (Å²) in [6, 6.07) is 12.2. The van der Waals surface area contributed by atoms with Crippen LogP contribution < -0.4 is 15.4 Å². The van der Waals surface area contributed by atoms with E-state index < -0.39 is 0 Å². The summed E-state index contributed by atoms with van der Waals surface area (Å²) in [6.07, 6.45) is 1.72. The van der Waals surface area contributed by atoms with Crippen LogP contribution in [-0.2, 0) is 17.8 Å². The van der Waals surface area contributed by atoms with Gasteiger partial charge in [-0.1, -0.05) is 30.3 Å². The Hall–Kier alpha value is -1.87. The van der Waals surface area contributed by atoms with Gasteiger partial charge in [0.2, 0.25) is 5.88 Å². The quantitative estimate of drug-likeness (QED) is 0.269. The van der Waals surface area contributed by atoms with Crippen LogP contribution in [-0.4, -0.2) is 38.3 Å². The van der Waals surface area contributed by atoms with E-state index in [1.807, 2.05) is 24.3 Å². The van der Waals surface area contributed by atoms with Gasteiger partial charge in [0.1, 0.15) is 6.61 Å². The zero-order valence-electron chi connectivity index (χ0n) is 15.5. The molecule has 0 saturated carbocycles. The molecule has 0 aliphatic rings. The van der Waals surface area contributed by atoms with Gasteiger partial charge < -0.3 is 20.1 Å². The minimum Gasteiger partial charge on any atom is -0.475 e. The maximum absolute atomic E-state index is 5.65. The zero-order chi connectivity index (χ0) is 17.9. The highest BCUT2D eigenvalue weighted by Crippen LogP contribution is 2.13. The normalized spacial score (nSPS) is 10.8. The van der Waals surface area contributed by atoms with Crippen LogP contribution in [0.2, 0.25) is 0 Å². The van der Waals surface area contributed by atoms with Gasteiger partial charge in [-0.25, -0.2) is 4.98 Å². The number of pyridine rings is 1. The van der Waals surface area contributed by atoms with Crippen molar-refractivity contribution in [2.75, 3.05) is 27.4 Å². The monoisotopic (exact) mass is 470 g/mol. The zero-order valence-corrected chi connectivity index (χ0v) is 17.8. The maximum atomic E-state index is 5.65. The predicted octanol–water partition coefficient (Wildman–Crippen LogP) is 2.90. The Morgan fingerprint density at radius 3 is 2.42 bits per heavy atom. The Labute approximate surface area is 172 Å². The average Bonchev–Trinajstić information content (AvgIpc) is 2.64. The fraction of sp³-hybridized carbons (Fsp3) is 0.368. The van der Waals surface area contributed by atoms with E-state index in [2.05, 4.69) is 39.7 Å².